The molecule has 3 nitrogen and oxygen atoms in total. The van der Waals surface area contributed by atoms with Crippen LogP contribution < -0.4 is 4.74 Å². The molecule has 0 aliphatic rings. The first-order valence-corrected chi connectivity index (χ1v) is 8.61. The molecule has 1 rings (SSSR count). The maximum Gasteiger partial charge on any atom is 0.180 e. The lowest BCUT2D eigenvalue weighted by Crippen LogP contribution is -2.31. The Bertz CT molecular complexity index is 451. The molecule has 1 aromatic rings. The highest BCUT2D eigenvalue weighted by Crippen LogP contribution is 2.21. The second kappa shape index (κ2) is 10.4. The molecule has 124 valence electrons. The summed E-state index contributed by atoms with van der Waals surface area (Å²) in [6, 6.07) is 5.90. The van der Waals surface area contributed by atoms with Crippen LogP contribution >= 0.6 is 0 Å². The Hall–Kier alpha value is -1.35. The zero-order valence-corrected chi connectivity index (χ0v) is 14.7. The van der Waals surface area contributed by atoms with Gasteiger partial charge in [0.05, 0.1) is 18.7 Å². The molecule has 0 atom stereocenters. The van der Waals surface area contributed by atoms with Gasteiger partial charge in [-0.2, -0.15) is 0 Å². The third-order valence-electron chi connectivity index (χ3n) is 3.64. The Kier molecular flexibility index (Phi) is 8.83. The first kappa shape index (κ1) is 18.7. The minimum Gasteiger partial charge on any atom is -0.493 e. The van der Waals surface area contributed by atoms with Crippen molar-refractivity contribution in [3.63, 3.8) is 0 Å². The van der Waals surface area contributed by atoms with E-state index in [1.165, 1.54) is 0 Å². The van der Waals surface area contributed by atoms with Gasteiger partial charge in [0, 0.05) is 0 Å². The fourth-order valence-corrected chi connectivity index (χ4v) is 2.50. The summed E-state index contributed by atoms with van der Waals surface area (Å²) in [6.07, 6.45) is 4.25. The largest absolute Gasteiger partial charge is 0.493 e. The van der Waals surface area contributed by atoms with E-state index in [0.717, 1.165) is 55.6 Å². The van der Waals surface area contributed by atoms with E-state index in [1.807, 2.05) is 25.1 Å². The average Bonchev–Trinajstić information content (AvgIpc) is 2.49. The fraction of sp³-hybridized carbons (Fsp3) is 0.632. The second-order valence-electron chi connectivity index (χ2n) is 5.90. The van der Waals surface area contributed by atoms with E-state index in [4.69, 9.17) is 4.74 Å². The highest BCUT2D eigenvalue weighted by Gasteiger charge is 2.16. The van der Waals surface area contributed by atoms with E-state index in [1.54, 1.807) is 0 Å². The number of unbranched alkanes of at least 4 members (excludes halogenated alkanes) is 1. The summed E-state index contributed by atoms with van der Waals surface area (Å²) < 4.78 is 5.82. The van der Waals surface area contributed by atoms with Gasteiger partial charge < -0.3 is 4.74 Å². The first-order chi connectivity index (χ1) is 10.6. The molecule has 0 unspecified atom stereocenters. The van der Waals surface area contributed by atoms with Gasteiger partial charge in [0.25, 0.3) is 0 Å². The molecule has 0 spiro atoms. The number of aryl methyl sites for hydroxylation is 1. The predicted octanol–water partition coefficient (Wildman–Crippen LogP) is 4.48. The van der Waals surface area contributed by atoms with Crippen molar-refractivity contribution in [2.45, 2.75) is 53.4 Å². The van der Waals surface area contributed by atoms with Crippen LogP contribution in [-0.4, -0.2) is 36.9 Å². The van der Waals surface area contributed by atoms with E-state index in [0.29, 0.717) is 13.2 Å². The van der Waals surface area contributed by atoms with Crippen LogP contribution in [-0.2, 0) is 0 Å². The number of carbonyl (C=O) groups excluding carboxylic acids is 1. The molecule has 22 heavy (non-hydrogen) atoms. The van der Waals surface area contributed by atoms with E-state index in [9.17, 15) is 4.79 Å². The molecule has 0 radical (unpaired) electrons. The van der Waals surface area contributed by atoms with Gasteiger partial charge in [0.1, 0.15) is 5.75 Å². The Morgan fingerprint density at radius 3 is 2.36 bits per heavy atom. The molecule has 0 amide bonds. The van der Waals surface area contributed by atoms with E-state index in [2.05, 4.69) is 25.7 Å². The van der Waals surface area contributed by atoms with Gasteiger partial charge >= 0.3 is 0 Å². The maximum atomic E-state index is 12.7. The molecule has 0 N–H and O–H groups in total. The van der Waals surface area contributed by atoms with Crippen molar-refractivity contribution < 1.29 is 9.53 Å². The lowest BCUT2D eigenvalue weighted by molar-refractivity contribution is 0.0926. The van der Waals surface area contributed by atoms with Crippen LogP contribution in [0.25, 0.3) is 0 Å². The van der Waals surface area contributed by atoms with Crippen LogP contribution in [0.1, 0.15) is 62.4 Å². The number of carbonyl (C=O) groups is 1. The molecular weight excluding hydrogens is 274 g/mol. The summed E-state index contributed by atoms with van der Waals surface area (Å²) in [6.45, 7) is 11.6. The number of Topliss-reactive ketones (excluding diaryl/α,β-unsaturated/α-hetero) is 1. The SMILES string of the molecule is CCCCOc1ccc(C)cc1C(=O)CN(CCC)CCC. The molecule has 0 aromatic heterocycles. The monoisotopic (exact) mass is 305 g/mol. The summed E-state index contributed by atoms with van der Waals surface area (Å²) in [5, 5.41) is 0. The smallest absolute Gasteiger partial charge is 0.180 e. The number of benzene rings is 1. The minimum absolute atomic E-state index is 0.164. The van der Waals surface area contributed by atoms with Crippen molar-refractivity contribution in [1.82, 2.24) is 4.90 Å². The third-order valence-corrected chi connectivity index (χ3v) is 3.64. The molecule has 0 heterocycles. The van der Waals surface area contributed by atoms with Crippen LogP contribution in [0.5, 0.6) is 5.75 Å². The Morgan fingerprint density at radius 1 is 1.09 bits per heavy atom. The minimum atomic E-state index is 0.164. The van der Waals surface area contributed by atoms with Crippen LogP contribution in [0.3, 0.4) is 0 Å². The lowest BCUT2D eigenvalue weighted by atomic mass is 10.1. The van der Waals surface area contributed by atoms with E-state index >= 15 is 0 Å². The van der Waals surface area contributed by atoms with Gasteiger partial charge in [0.15, 0.2) is 5.78 Å². The van der Waals surface area contributed by atoms with Crippen molar-refractivity contribution in [2.75, 3.05) is 26.2 Å². The van der Waals surface area contributed by atoms with Gasteiger partial charge in [-0.05, 0) is 51.4 Å². The van der Waals surface area contributed by atoms with Crippen LogP contribution in [0.15, 0.2) is 18.2 Å². The highest BCUT2D eigenvalue weighted by molar-refractivity contribution is 6.00. The van der Waals surface area contributed by atoms with Crippen molar-refractivity contribution in [3.8, 4) is 5.75 Å². The zero-order chi connectivity index (χ0) is 16.4. The standard InChI is InChI=1S/C19H31NO2/c1-5-8-13-22-19-10-9-16(4)14-17(19)18(21)15-20(11-6-2)12-7-3/h9-10,14H,5-8,11-13,15H2,1-4H3. The van der Waals surface area contributed by atoms with Gasteiger partial charge in [-0.3, -0.25) is 9.69 Å². The topological polar surface area (TPSA) is 29.5 Å². The van der Waals surface area contributed by atoms with Crippen LogP contribution in [0, 0.1) is 6.92 Å². The molecular formula is C19H31NO2. The van der Waals surface area contributed by atoms with Gasteiger partial charge in [-0.15, -0.1) is 0 Å². The second-order valence-corrected chi connectivity index (χ2v) is 5.90. The van der Waals surface area contributed by atoms with Gasteiger partial charge in [-0.1, -0.05) is 38.8 Å². The summed E-state index contributed by atoms with van der Waals surface area (Å²) in [7, 11) is 0. The van der Waals surface area contributed by atoms with Crippen molar-refractivity contribution in [2.24, 2.45) is 0 Å². The molecule has 0 aliphatic carbocycles. The quantitative estimate of drug-likeness (QED) is 0.446. The average molecular weight is 305 g/mol. The van der Waals surface area contributed by atoms with Crippen molar-refractivity contribution in [1.29, 1.82) is 0 Å². The van der Waals surface area contributed by atoms with Crippen LogP contribution in [0.4, 0.5) is 0 Å². The summed E-state index contributed by atoms with van der Waals surface area (Å²) in [5.74, 6) is 0.897. The molecule has 1 aromatic carbocycles. The van der Waals surface area contributed by atoms with E-state index in [-0.39, 0.29) is 5.78 Å². The molecule has 0 saturated heterocycles. The molecule has 3 heteroatoms. The zero-order valence-electron chi connectivity index (χ0n) is 14.7. The Balaban J connectivity index is 2.82. The normalized spacial score (nSPS) is 11.0. The summed E-state index contributed by atoms with van der Waals surface area (Å²) >= 11 is 0. The first-order valence-electron chi connectivity index (χ1n) is 8.61. The fourth-order valence-electron chi connectivity index (χ4n) is 2.50. The number of hydrogen-bond donors (Lipinski definition) is 0. The summed E-state index contributed by atoms with van der Waals surface area (Å²) in [4.78, 5) is 14.9. The Morgan fingerprint density at radius 2 is 1.77 bits per heavy atom. The van der Waals surface area contributed by atoms with Crippen LogP contribution in [0.2, 0.25) is 0 Å². The van der Waals surface area contributed by atoms with E-state index < -0.39 is 0 Å². The number of rotatable bonds is 11. The number of ether oxygens (including phenoxy) is 1. The Labute approximate surface area is 135 Å². The maximum absolute atomic E-state index is 12.7. The number of hydrogen-bond acceptors (Lipinski definition) is 3. The molecule has 0 saturated carbocycles. The molecule has 0 aliphatic heterocycles. The lowest BCUT2D eigenvalue weighted by Gasteiger charge is -2.21. The van der Waals surface area contributed by atoms with Crippen molar-refractivity contribution >= 4 is 5.78 Å². The molecule has 0 bridgehead atoms. The van der Waals surface area contributed by atoms with Gasteiger partial charge in [0.2, 0.25) is 0 Å². The third kappa shape index (κ3) is 6.18. The summed E-state index contributed by atoms with van der Waals surface area (Å²) in [5.41, 5.74) is 1.83. The number of nitrogens with zero attached hydrogens (tertiary/aromatic N) is 1. The van der Waals surface area contributed by atoms with Crippen molar-refractivity contribution in [3.05, 3.63) is 29.3 Å². The predicted molar refractivity (Wildman–Crippen MR) is 92.9 cm³/mol. The number of ketones is 1. The highest BCUT2D eigenvalue weighted by atomic mass is 16.5. The van der Waals surface area contributed by atoms with Gasteiger partial charge in [-0.25, -0.2) is 0 Å². The molecule has 0 fully saturated rings.